The number of rotatable bonds is 2. The molecule has 0 saturated carbocycles. The van der Waals surface area contributed by atoms with Crippen LogP contribution >= 0.6 is 0 Å². The van der Waals surface area contributed by atoms with Crippen molar-refractivity contribution < 1.29 is 5.11 Å². The van der Waals surface area contributed by atoms with E-state index in [1.54, 1.807) is 0 Å². The van der Waals surface area contributed by atoms with Crippen LogP contribution in [0.15, 0.2) is 0 Å². The quantitative estimate of drug-likeness (QED) is 0.718. The van der Waals surface area contributed by atoms with E-state index in [0.717, 1.165) is 24.6 Å². The molecule has 0 saturated heterocycles. The normalized spacial score (nSPS) is 21.5. The summed E-state index contributed by atoms with van der Waals surface area (Å²) in [4.78, 5) is 4.37. The highest BCUT2D eigenvalue weighted by Crippen LogP contribution is 2.17. The summed E-state index contributed by atoms with van der Waals surface area (Å²) in [6.45, 7) is 3.35. The van der Waals surface area contributed by atoms with Gasteiger partial charge in [-0.05, 0) is 12.3 Å². The molecule has 1 unspecified atom stereocenters. The fourth-order valence-electron chi connectivity index (χ4n) is 1.73. The number of aliphatic hydroxyl groups excluding tert-OH is 1. The zero-order valence-electron chi connectivity index (χ0n) is 7.90. The van der Waals surface area contributed by atoms with Crippen molar-refractivity contribution in [2.75, 3.05) is 6.61 Å². The monoisotopic (exact) mass is 181 g/mol. The molecular weight excluding hydrogens is 166 g/mol. The van der Waals surface area contributed by atoms with Gasteiger partial charge >= 0.3 is 0 Å². The lowest BCUT2D eigenvalue weighted by Crippen LogP contribution is -2.18. The second-order valence-electron chi connectivity index (χ2n) is 3.74. The molecule has 4 nitrogen and oxygen atoms in total. The van der Waals surface area contributed by atoms with Crippen LogP contribution in [-0.4, -0.2) is 26.5 Å². The molecule has 1 aromatic heterocycles. The number of hydrogen-bond donors (Lipinski definition) is 1. The smallest absolute Gasteiger partial charge is 0.153 e. The third-order valence-corrected chi connectivity index (χ3v) is 2.47. The van der Waals surface area contributed by atoms with Crippen LogP contribution < -0.4 is 0 Å². The van der Waals surface area contributed by atoms with Gasteiger partial charge in [-0.25, -0.2) is 9.67 Å². The zero-order valence-corrected chi connectivity index (χ0v) is 7.90. The highest BCUT2D eigenvalue weighted by Gasteiger charge is 2.17. The Morgan fingerprint density at radius 3 is 3.23 bits per heavy atom. The summed E-state index contributed by atoms with van der Waals surface area (Å²) in [7, 11) is 0. The number of hydrogen-bond acceptors (Lipinski definition) is 3. The Balaban J connectivity index is 2.18. The molecule has 2 rings (SSSR count). The van der Waals surface area contributed by atoms with Gasteiger partial charge < -0.3 is 5.11 Å². The van der Waals surface area contributed by atoms with Gasteiger partial charge in [-0.1, -0.05) is 6.92 Å². The van der Waals surface area contributed by atoms with Crippen LogP contribution in [0, 0.1) is 5.92 Å². The van der Waals surface area contributed by atoms with E-state index >= 15 is 0 Å². The third kappa shape index (κ3) is 1.72. The molecule has 0 radical (unpaired) electrons. The maximum atomic E-state index is 8.74. The van der Waals surface area contributed by atoms with Gasteiger partial charge in [0.2, 0.25) is 0 Å². The van der Waals surface area contributed by atoms with Crippen LogP contribution in [0.5, 0.6) is 0 Å². The molecule has 0 amide bonds. The molecule has 1 aromatic rings. The summed E-state index contributed by atoms with van der Waals surface area (Å²) in [5.74, 6) is 2.57. The van der Waals surface area contributed by atoms with Crippen LogP contribution in [0.25, 0.3) is 0 Å². The molecular formula is C9H15N3O. The fraction of sp³-hybridized carbons (Fsp3) is 0.778. The molecule has 0 spiro atoms. The predicted molar refractivity (Wildman–Crippen MR) is 48.3 cm³/mol. The predicted octanol–water partition coefficient (Wildman–Crippen LogP) is 0.395. The van der Waals surface area contributed by atoms with Gasteiger partial charge in [0.15, 0.2) is 5.82 Å². The topological polar surface area (TPSA) is 50.9 Å². The van der Waals surface area contributed by atoms with Crippen molar-refractivity contribution in [1.29, 1.82) is 0 Å². The van der Waals surface area contributed by atoms with E-state index in [0.29, 0.717) is 12.3 Å². The number of aryl methyl sites for hydroxylation is 1. The van der Waals surface area contributed by atoms with Crippen LogP contribution in [-0.2, 0) is 19.4 Å². The first kappa shape index (κ1) is 8.69. The van der Waals surface area contributed by atoms with Crippen molar-refractivity contribution in [3.63, 3.8) is 0 Å². The molecule has 13 heavy (non-hydrogen) atoms. The number of aliphatic hydroxyl groups is 1. The Morgan fingerprint density at radius 2 is 2.46 bits per heavy atom. The fourth-order valence-corrected chi connectivity index (χ4v) is 1.73. The van der Waals surface area contributed by atoms with E-state index < -0.39 is 0 Å². The molecule has 4 heteroatoms. The van der Waals surface area contributed by atoms with Gasteiger partial charge in [0.1, 0.15) is 5.82 Å². The van der Waals surface area contributed by atoms with Crippen LogP contribution in [0.1, 0.15) is 25.0 Å². The van der Waals surface area contributed by atoms with Gasteiger partial charge in [0.25, 0.3) is 0 Å². The summed E-state index contributed by atoms with van der Waals surface area (Å²) in [6, 6.07) is 0. The lowest BCUT2D eigenvalue weighted by atomic mass is 10.0. The molecule has 1 aliphatic heterocycles. The van der Waals surface area contributed by atoms with Crippen LogP contribution in [0.4, 0.5) is 0 Å². The van der Waals surface area contributed by atoms with Crippen molar-refractivity contribution in [2.45, 2.75) is 32.7 Å². The number of aromatic nitrogens is 3. The Hall–Kier alpha value is -0.900. The van der Waals surface area contributed by atoms with E-state index in [2.05, 4.69) is 17.0 Å². The maximum Gasteiger partial charge on any atom is 0.153 e. The van der Waals surface area contributed by atoms with Crippen LogP contribution in [0.3, 0.4) is 0 Å². The first-order chi connectivity index (χ1) is 6.29. The summed E-state index contributed by atoms with van der Waals surface area (Å²) in [6.07, 6.45) is 2.81. The number of nitrogens with zero attached hydrogens (tertiary/aromatic N) is 3. The molecule has 1 N–H and O–H groups in total. The molecule has 0 bridgehead atoms. The molecule has 1 atom stereocenters. The summed E-state index contributed by atoms with van der Waals surface area (Å²) in [5, 5.41) is 13.1. The molecule has 72 valence electrons. The van der Waals surface area contributed by atoms with E-state index in [1.165, 1.54) is 6.42 Å². The standard InChI is InChI=1S/C9H15N3O/c1-7-2-3-9-10-8(4-5-13)11-12(9)6-7/h7,13H,2-6H2,1H3. The molecule has 1 aliphatic rings. The SMILES string of the molecule is CC1CCc2nc(CCO)nn2C1. The van der Waals surface area contributed by atoms with Gasteiger partial charge in [0.05, 0.1) is 6.61 Å². The van der Waals surface area contributed by atoms with Gasteiger partial charge in [-0.15, -0.1) is 0 Å². The van der Waals surface area contributed by atoms with Crippen molar-refractivity contribution in [2.24, 2.45) is 5.92 Å². The second kappa shape index (κ2) is 3.46. The summed E-state index contributed by atoms with van der Waals surface area (Å²) < 4.78 is 1.99. The minimum atomic E-state index is 0.138. The first-order valence-corrected chi connectivity index (χ1v) is 4.83. The molecule has 0 aliphatic carbocycles. The van der Waals surface area contributed by atoms with Crippen molar-refractivity contribution in [3.05, 3.63) is 11.6 Å². The lowest BCUT2D eigenvalue weighted by Gasteiger charge is -2.17. The molecule has 0 fully saturated rings. The third-order valence-electron chi connectivity index (χ3n) is 2.47. The highest BCUT2D eigenvalue weighted by molar-refractivity contribution is 4.96. The number of fused-ring (bicyclic) bond motifs is 1. The van der Waals surface area contributed by atoms with Crippen molar-refractivity contribution in [1.82, 2.24) is 14.8 Å². The maximum absolute atomic E-state index is 8.74. The minimum Gasteiger partial charge on any atom is -0.396 e. The van der Waals surface area contributed by atoms with Gasteiger partial charge in [-0.2, -0.15) is 5.10 Å². The lowest BCUT2D eigenvalue weighted by molar-refractivity contribution is 0.296. The molecule has 2 heterocycles. The summed E-state index contributed by atoms with van der Waals surface area (Å²) in [5.41, 5.74) is 0. The Labute approximate surface area is 77.6 Å². The Bertz CT molecular complexity index is 295. The van der Waals surface area contributed by atoms with E-state index in [4.69, 9.17) is 5.11 Å². The van der Waals surface area contributed by atoms with E-state index in [1.807, 2.05) is 4.68 Å². The first-order valence-electron chi connectivity index (χ1n) is 4.83. The van der Waals surface area contributed by atoms with Gasteiger partial charge in [0, 0.05) is 19.4 Å². The van der Waals surface area contributed by atoms with Crippen molar-refractivity contribution >= 4 is 0 Å². The highest BCUT2D eigenvalue weighted by atomic mass is 16.3. The van der Waals surface area contributed by atoms with Crippen LogP contribution in [0.2, 0.25) is 0 Å². The zero-order chi connectivity index (χ0) is 9.26. The van der Waals surface area contributed by atoms with E-state index in [-0.39, 0.29) is 6.61 Å². The summed E-state index contributed by atoms with van der Waals surface area (Å²) >= 11 is 0. The Kier molecular flexibility index (Phi) is 2.31. The minimum absolute atomic E-state index is 0.138. The second-order valence-corrected chi connectivity index (χ2v) is 3.74. The van der Waals surface area contributed by atoms with Gasteiger partial charge in [-0.3, -0.25) is 0 Å². The Morgan fingerprint density at radius 1 is 1.62 bits per heavy atom. The largest absolute Gasteiger partial charge is 0.396 e. The van der Waals surface area contributed by atoms with E-state index in [9.17, 15) is 0 Å². The average molecular weight is 181 g/mol. The van der Waals surface area contributed by atoms with Crippen molar-refractivity contribution in [3.8, 4) is 0 Å². The average Bonchev–Trinajstić information content (AvgIpc) is 2.46. The molecule has 0 aromatic carbocycles.